The van der Waals surface area contributed by atoms with Crippen molar-refractivity contribution in [1.82, 2.24) is 15.1 Å². The molecule has 0 bridgehead atoms. The standard InChI is InChI=1S/C22H26FN3O4/c1-24-21-14-18(26(11-12-27)22(28)29)9-10-25(21)15-16-3-2-4-20(13-16)30-19-7-5-17(23)6-8-19/h2-8,12-13,18,21,24H,9-11,14-15H2,1H3,(H,28,29). The predicted molar refractivity (Wildman–Crippen MR) is 110 cm³/mol. The second-order valence-electron chi connectivity index (χ2n) is 7.26. The van der Waals surface area contributed by atoms with Gasteiger partial charge in [0.15, 0.2) is 0 Å². The zero-order valence-electron chi connectivity index (χ0n) is 16.8. The van der Waals surface area contributed by atoms with Crippen LogP contribution in [0.2, 0.25) is 0 Å². The van der Waals surface area contributed by atoms with Crippen molar-refractivity contribution in [2.24, 2.45) is 0 Å². The summed E-state index contributed by atoms with van der Waals surface area (Å²) < 4.78 is 18.9. The van der Waals surface area contributed by atoms with Gasteiger partial charge in [-0.25, -0.2) is 9.18 Å². The fraction of sp³-hybridized carbons (Fsp3) is 0.364. The Balaban J connectivity index is 1.65. The number of nitrogens with zero attached hydrogens (tertiary/aromatic N) is 2. The summed E-state index contributed by atoms with van der Waals surface area (Å²) in [6.07, 6.45) is 0.800. The number of rotatable bonds is 8. The van der Waals surface area contributed by atoms with Crippen molar-refractivity contribution in [3.05, 3.63) is 59.9 Å². The number of halogens is 1. The quantitative estimate of drug-likeness (QED) is 0.644. The monoisotopic (exact) mass is 415 g/mol. The highest BCUT2D eigenvalue weighted by Crippen LogP contribution is 2.26. The number of ether oxygens (including phenoxy) is 1. The van der Waals surface area contributed by atoms with Crippen LogP contribution in [0.4, 0.5) is 9.18 Å². The van der Waals surface area contributed by atoms with Gasteiger partial charge in [0.05, 0.1) is 12.7 Å². The minimum absolute atomic E-state index is 0.0149. The highest BCUT2D eigenvalue weighted by molar-refractivity contribution is 5.69. The normalized spacial score (nSPS) is 19.3. The van der Waals surface area contributed by atoms with Gasteiger partial charge < -0.3 is 20.0 Å². The first-order chi connectivity index (χ1) is 14.5. The number of hydrogen-bond acceptors (Lipinski definition) is 5. The Morgan fingerprint density at radius 3 is 2.73 bits per heavy atom. The molecular weight excluding hydrogens is 389 g/mol. The van der Waals surface area contributed by atoms with Crippen LogP contribution in [0.3, 0.4) is 0 Å². The maximum atomic E-state index is 13.1. The van der Waals surface area contributed by atoms with Crippen LogP contribution in [0.1, 0.15) is 18.4 Å². The second kappa shape index (κ2) is 10.2. The van der Waals surface area contributed by atoms with E-state index < -0.39 is 6.09 Å². The lowest BCUT2D eigenvalue weighted by molar-refractivity contribution is -0.109. The molecule has 2 N–H and O–H groups in total. The lowest BCUT2D eigenvalue weighted by Crippen LogP contribution is -2.55. The van der Waals surface area contributed by atoms with Crippen LogP contribution in [0.25, 0.3) is 0 Å². The number of carbonyl (C=O) groups excluding carboxylic acids is 1. The first-order valence-corrected chi connectivity index (χ1v) is 9.87. The Hall–Kier alpha value is -2.97. The Kier molecular flexibility index (Phi) is 7.37. The van der Waals surface area contributed by atoms with Crippen molar-refractivity contribution in [2.45, 2.75) is 31.6 Å². The van der Waals surface area contributed by atoms with Gasteiger partial charge in [-0.05, 0) is 61.9 Å². The number of carboxylic acid groups (broad SMARTS) is 1. The highest BCUT2D eigenvalue weighted by Gasteiger charge is 2.32. The molecule has 2 atom stereocenters. The van der Waals surface area contributed by atoms with E-state index in [0.29, 0.717) is 43.7 Å². The lowest BCUT2D eigenvalue weighted by Gasteiger charge is -2.42. The number of aldehydes is 1. The van der Waals surface area contributed by atoms with E-state index in [9.17, 15) is 19.1 Å². The van der Waals surface area contributed by atoms with Crippen molar-refractivity contribution in [3.63, 3.8) is 0 Å². The number of likely N-dealkylation sites (tertiary alicyclic amines) is 1. The molecule has 1 amide bonds. The van der Waals surface area contributed by atoms with E-state index in [1.54, 1.807) is 12.1 Å². The number of benzene rings is 2. The van der Waals surface area contributed by atoms with Crippen LogP contribution in [0.5, 0.6) is 11.5 Å². The summed E-state index contributed by atoms with van der Waals surface area (Å²) in [4.78, 5) is 25.8. The molecule has 0 spiro atoms. The molecular formula is C22H26FN3O4. The molecule has 8 heteroatoms. The first-order valence-electron chi connectivity index (χ1n) is 9.87. The molecule has 160 valence electrons. The van der Waals surface area contributed by atoms with E-state index >= 15 is 0 Å². The molecule has 2 unspecified atom stereocenters. The number of amides is 1. The van der Waals surface area contributed by atoms with E-state index in [2.05, 4.69) is 10.2 Å². The zero-order chi connectivity index (χ0) is 21.5. The van der Waals surface area contributed by atoms with Gasteiger partial charge in [-0.1, -0.05) is 12.1 Å². The van der Waals surface area contributed by atoms with Crippen LogP contribution < -0.4 is 10.1 Å². The van der Waals surface area contributed by atoms with Gasteiger partial charge in [-0.3, -0.25) is 9.80 Å². The molecule has 3 rings (SSSR count). The van der Waals surface area contributed by atoms with Crippen molar-refractivity contribution in [3.8, 4) is 11.5 Å². The van der Waals surface area contributed by atoms with E-state index in [1.165, 1.54) is 17.0 Å². The molecule has 2 aromatic carbocycles. The number of carbonyl (C=O) groups is 2. The third-order valence-corrected chi connectivity index (χ3v) is 5.31. The third kappa shape index (κ3) is 5.55. The minimum atomic E-state index is -1.07. The number of nitrogens with one attached hydrogen (secondary N) is 1. The van der Waals surface area contributed by atoms with Gasteiger partial charge in [-0.15, -0.1) is 0 Å². The Bertz CT molecular complexity index is 862. The average molecular weight is 415 g/mol. The van der Waals surface area contributed by atoms with Crippen LogP contribution in [0, 0.1) is 5.82 Å². The maximum absolute atomic E-state index is 13.1. The van der Waals surface area contributed by atoms with Crippen LogP contribution in [0.15, 0.2) is 48.5 Å². The largest absolute Gasteiger partial charge is 0.465 e. The fourth-order valence-corrected chi connectivity index (χ4v) is 3.81. The third-order valence-electron chi connectivity index (χ3n) is 5.31. The minimum Gasteiger partial charge on any atom is -0.465 e. The van der Waals surface area contributed by atoms with Gasteiger partial charge in [0.1, 0.15) is 23.6 Å². The van der Waals surface area contributed by atoms with Crippen LogP contribution in [-0.4, -0.2) is 59.6 Å². The second-order valence-corrected chi connectivity index (χ2v) is 7.26. The van der Waals surface area contributed by atoms with E-state index in [1.807, 2.05) is 31.3 Å². The summed E-state index contributed by atoms with van der Waals surface area (Å²) in [5, 5.41) is 12.6. The molecule has 1 saturated heterocycles. The Labute approximate surface area is 175 Å². The van der Waals surface area contributed by atoms with E-state index in [0.717, 1.165) is 5.56 Å². The molecule has 1 aliphatic heterocycles. The van der Waals surface area contributed by atoms with E-state index in [-0.39, 0.29) is 24.6 Å². The van der Waals surface area contributed by atoms with Crippen LogP contribution >= 0.6 is 0 Å². The predicted octanol–water partition coefficient (Wildman–Crippen LogP) is 3.31. The Morgan fingerprint density at radius 1 is 1.30 bits per heavy atom. The van der Waals surface area contributed by atoms with Gasteiger partial charge in [0, 0.05) is 19.1 Å². The average Bonchev–Trinajstić information content (AvgIpc) is 2.74. The van der Waals surface area contributed by atoms with Crippen molar-refractivity contribution in [1.29, 1.82) is 0 Å². The van der Waals surface area contributed by atoms with Crippen LogP contribution in [-0.2, 0) is 11.3 Å². The SMILES string of the molecule is CNC1CC(N(CC=O)C(=O)O)CCN1Cc1cccc(Oc2ccc(F)cc2)c1. The molecule has 2 aromatic rings. The lowest BCUT2D eigenvalue weighted by atomic mass is 9.99. The molecule has 7 nitrogen and oxygen atoms in total. The summed E-state index contributed by atoms with van der Waals surface area (Å²) in [7, 11) is 1.85. The Morgan fingerprint density at radius 2 is 2.07 bits per heavy atom. The molecule has 1 aliphatic rings. The van der Waals surface area contributed by atoms with Crippen molar-refractivity contribution >= 4 is 12.4 Å². The number of piperidine rings is 1. The summed E-state index contributed by atoms with van der Waals surface area (Å²) >= 11 is 0. The topological polar surface area (TPSA) is 82.1 Å². The molecule has 30 heavy (non-hydrogen) atoms. The number of hydrogen-bond donors (Lipinski definition) is 2. The summed E-state index contributed by atoms with van der Waals surface area (Å²) in [6, 6.07) is 13.4. The molecule has 0 aromatic heterocycles. The van der Waals surface area contributed by atoms with Crippen molar-refractivity contribution in [2.75, 3.05) is 20.1 Å². The highest BCUT2D eigenvalue weighted by atomic mass is 19.1. The molecule has 0 aliphatic carbocycles. The summed E-state index contributed by atoms with van der Waals surface area (Å²) in [5.41, 5.74) is 1.05. The summed E-state index contributed by atoms with van der Waals surface area (Å²) in [6.45, 7) is 1.25. The fourth-order valence-electron chi connectivity index (χ4n) is 3.81. The molecule has 0 saturated carbocycles. The smallest absolute Gasteiger partial charge is 0.407 e. The maximum Gasteiger partial charge on any atom is 0.407 e. The van der Waals surface area contributed by atoms with Crippen molar-refractivity contribution < 1.29 is 23.8 Å². The molecule has 1 heterocycles. The first kappa shape index (κ1) is 21.7. The summed E-state index contributed by atoms with van der Waals surface area (Å²) in [5.74, 6) is 0.914. The van der Waals surface area contributed by atoms with E-state index in [4.69, 9.17) is 4.74 Å². The zero-order valence-corrected chi connectivity index (χ0v) is 16.8. The van der Waals surface area contributed by atoms with Gasteiger partial charge in [0.25, 0.3) is 0 Å². The van der Waals surface area contributed by atoms with Gasteiger partial charge in [-0.2, -0.15) is 0 Å². The molecule has 0 radical (unpaired) electrons. The van der Waals surface area contributed by atoms with Gasteiger partial charge in [0.2, 0.25) is 0 Å². The molecule has 1 fully saturated rings. The van der Waals surface area contributed by atoms with Gasteiger partial charge >= 0.3 is 6.09 Å².